The molecule has 3 N–H and O–H groups in total. The van der Waals surface area contributed by atoms with Crippen molar-refractivity contribution in [3.63, 3.8) is 0 Å². The highest BCUT2D eigenvalue weighted by atomic mass is 16.3. The molecule has 21 rings (SSSR count). The number of aryl methyl sites for hydroxylation is 16. The lowest BCUT2D eigenvalue weighted by Crippen LogP contribution is -2.49. The highest BCUT2D eigenvalue weighted by Gasteiger charge is 2.61. The molecule has 3 heterocycles. The summed E-state index contributed by atoms with van der Waals surface area (Å²) in [5, 5.41) is 42.1. The zero-order chi connectivity index (χ0) is 93.9. The maximum Gasteiger partial charge on any atom is 0.142 e. The minimum Gasteiger partial charge on any atom is -0.376 e. The quantitative estimate of drug-likeness (QED) is 0.0747. The number of aliphatic hydroxyl groups is 3. The Morgan fingerprint density at radius 2 is 0.370 bits per heavy atom. The van der Waals surface area contributed by atoms with Gasteiger partial charge in [-0.1, -0.05) is 465 Å². The Kier molecular flexibility index (Phi) is 22.4. The summed E-state index contributed by atoms with van der Waals surface area (Å²) < 4.78 is 0. The van der Waals surface area contributed by atoms with Crippen molar-refractivity contribution in [2.24, 2.45) is 0 Å². The minimum absolute atomic E-state index is 0.610. The molecule has 0 aromatic heterocycles. The zero-order valence-corrected chi connectivity index (χ0v) is 80.3. The molecular formula is C130H116N2O3. The first-order valence-corrected chi connectivity index (χ1v) is 47.5. The Labute approximate surface area is 797 Å². The van der Waals surface area contributed by atoms with Gasteiger partial charge in [0.05, 0.1) is 50.4 Å². The topological polar surface area (TPSA) is 67.2 Å². The largest absolute Gasteiger partial charge is 0.376 e. The van der Waals surface area contributed by atoms with Gasteiger partial charge in [0.25, 0.3) is 0 Å². The molecule has 664 valence electrons. The van der Waals surface area contributed by atoms with Crippen molar-refractivity contribution in [2.45, 2.75) is 144 Å². The van der Waals surface area contributed by atoms with Crippen molar-refractivity contribution >= 4 is 34.1 Å². The molecule has 5 heteroatoms. The summed E-state index contributed by atoms with van der Waals surface area (Å²) in [6, 6.07) is 143. The number of anilines is 6. The molecule has 0 bridgehead atoms. The average molecular weight is 1750 g/mol. The first-order valence-electron chi connectivity index (χ1n) is 47.5. The van der Waals surface area contributed by atoms with Crippen LogP contribution in [0.3, 0.4) is 0 Å². The van der Waals surface area contributed by atoms with Gasteiger partial charge in [0.1, 0.15) is 16.8 Å². The van der Waals surface area contributed by atoms with E-state index < -0.39 is 33.0 Å². The van der Waals surface area contributed by atoms with Crippen molar-refractivity contribution in [1.82, 2.24) is 0 Å². The fourth-order valence-corrected chi connectivity index (χ4v) is 22.4. The number of hydrogen-bond acceptors (Lipinski definition) is 5. The van der Waals surface area contributed by atoms with Gasteiger partial charge in [-0.05, 0) is 229 Å². The predicted octanol–water partition coefficient (Wildman–Crippen LogP) is 30.2. The average Bonchev–Trinajstić information content (AvgIpc) is 0.641. The summed E-state index contributed by atoms with van der Waals surface area (Å²) in [6.07, 6.45) is 0. The molecule has 0 aliphatic carbocycles. The van der Waals surface area contributed by atoms with Gasteiger partial charge in [-0.2, -0.15) is 0 Å². The van der Waals surface area contributed by atoms with Gasteiger partial charge in [0, 0.05) is 16.7 Å². The van der Waals surface area contributed by atoms with Gasteiger partial charge in [0.2, 0.25) is 0 Å². The van der Waals surface area contributed by atoms with Crippen molar-refractivity contribution in [3.05, 3.63) is 600 Å². The van der Waals surface area contributed by atoms with Crippen LogP contribution < -0.4 is 9.80 Å². The van der Waals surface area contributed by atoms with Gasteiger partial charge >= 0.3 is 0 Å². The van der Waals surface area contributed by atoms with Crippen molar-refractivity contribution < 1.29 is 15.3 Å². The summed E-state index contributed by atoms with van der Waals surface area (Å²) in [5.74, 6) is 0. The third kappa shape index (κ3) is 14.4. The van der Waals surface area contributed by atoms with Gasteiger partial charge in [-0.3, -0.25) is 0 Å². The lowest BCUT2D eigenvalue weighted by Gasteiger charge is -2.58. The summed E-state index contributed by atoms with van der Waals surface area (Å²) >= 11 is 0. The van der Waals surface area contributed by atoms with Crippen LogP contribution in [-0.2, 0) is 33.0 Å². The Morgan fingerprint density at radius 3 is 0.615 bits per heavy atom. The van der Waals surface area contributed by atoms with Crippen LogP contribution in [0.5, 0.6) is 0 Å². The third-order valence-electron chi connectivity index (χ3n) is 29.5. The molecule has 0 unspecified atom stereocenters. The Morgan fingerprint density at radius 1 is 0.178 bits per heavy atom. The lowest BCUT2D eigenvalue weighted by atomic mass is 9.52. The first kappa shape index (κ1) is 88.4. The van der Waals surface area contributed by atoms with E-state index in [-0.39, 0.29) is 0 Å². The van der Waals surface area contributed by atoms with E-state index in [1.165, 1.54) is 128 Å². The Bertz CT molecular complexity index is 6930. The van der Waals surface area contributed by atoms with Crippen LogP contribution in [0.1, 0.15) is 206 Å². The maximum absolute atomic E-state index is 14.0. The zero-order valence-electron chi connectivity index (χ0n) is 80.3. The van der Waals surface area contributed by atoms with Crippen LogP contribution in [0, 0.1) is 111 Å². The van der Waals surface area contributed by atoms with E-state index in [1.54, 1.807) is 0 Å². The fourth-order valence-electron chi connectivity index (χ4n) is 22.4. The van der Waals surface area contributed by atoms with Crippen LogP contribution in [0.15, 0.2) is 394 Å². The number of nitrogens with zero attached hydrogens (tertiary/aromatic N) is 2. The molecule has 0 saturated carbocycles. The Balaban J connectivity index is 0.000000167. The second-order valence-electron chi connectivity index (χ2n) is 39.1. The van der Waals surface area contributed by atoms with Crippen LogP contribution >= 0.6 is 0 Å². The monoisotopic (exact) mass is 1750 g/mol. The number of rotatable bonds is 18. The third-order valence-corrected chi connectivity index (χ3v) is 29.5. The molecule has 0 atom stereocenters. The second kappa shape index (κ2) is 34.2. The van der Waals surface area contributed by atoms with E-state index in [9.17, 15) is 15.3 Å². The molecule has 0 fully saturated rings. The molecule has 3 aliphatic rings. The molecule has 3 aliphatic heterocycles. The number of benzene rings is 18. The number of para-hydroxylation sites is 2. The molecule has 0 radical (unpaired) electrons. The standard InChI is InChI=1S/C65H61NO3.C65H55N/c1-43-13-27-51(28-14-43)63(67,52-29-15-44(2)16-30-52)57-11-9-10-12-60(57)66(61-39-25-49(7)41-58(61)64(68,53-31-17-45(3)18-32-53)54-33-19-46(4)20-34-54)62-40-26-50(8)42-59(62)65(69,55-35-21-47(5)22-36-55)56-37-23-48(6)24-38-56;1-40-12-24-48(25-13-40)63(49-26-14-41(2)15-27-49)54-10-9-11-55-60(54)66-61-56(63)36-46(7)38-58(61)65(52-32-20-44(5)21-33-52,53-34-22-45(6)23-35-53)59-39-47(8)37-57(62(59)66)64(55,50-28-16-42(3)17-29-50)51-30-18-43(4)19-31-51/h9-42,67-69H,1-8H3;9-39H,1-8H3. The van der Waals surface area contributed by atoms with Crippen LogP contribution in [0.25, 0.3) is 0 Å². The smallest absolute Gasteiger partial charge is 0.142 e. The van der Waals surface area contributed by atoms with E-state index in [1.807, 2.05) is 170 Å². The molecule has 135 heavy (non-hydrogen) atoms. The molecule has 18 aromatic rings. The highest BCUT2D eigenvalue weighted by molar-refractivity contribution is 6.03. The molecular weight excluding hydrogens is 1640 g/mol. The lowest BCUT2D eigenvalue weighted by molar-refractivity contribution is 0.125. The summed E-state index contributed by atoms with van der Waals surface area (Å²) in [4.78, 5) is 4.91. The molecule has 0 saturated heterocycles. The molecule has 18 aromatic carbocycles. The normalized spacial score (nSPS) is 13.6. The van der Waals surface area contributed by atoms with E-state index in [0.717, 1.165) is 44.5 Å². The fraction of sp³-hybridized carbons (Fsp3) is 0.169. The maximum atomic E-state index is 14.0. The molecule has 0 spiro atoms. The van der Waals surface area contributed by atoms with E-state index in [4.69, 9.17) is 0 Å². The molecule has 0 amide bonds. The number of hydrogen-bond donors (Lipinski definition) is 3. The van der Waals surface area contributed by atoms with Crippen molar-refractivity contribution in [1.29, 1.82) is 0 Å². The minimum atomic E-state index is -1.69. The second-order valence-corrected chi connectivity index (χ2v) is 39.1. The van der Waals surface area contributed by atoms with Gasteiger partial charge < -0.3 is 25.1 Å². The van der Waals surface area contributed by atoms with Crippen LogP contribution in [-0.4, -0.2) is 15.3 Å². The summed E-state index contributed by atoms with van der Waals surface area (Å²) in [7, 11) is 0. The Hall–Kier alpha value is -14.6. The van der Waals surface area contributed by atoms with Gasteiger partial charge in [0.15, 0.2) is 0 Å². The van der Waals surface area contributed by atoms with E-state index in [0.29, 0.717) is 67.1 Å². The van der Waals surface area contributed by atoms with E-state index >= 15 is 0 Å². The SMILES string of the molecule is Cc1ccc(C(O)(c2ccc(C)cc2)c2ccccc2N(c2ccc(C)cc2C(O)(c2ccc(C)cc2)c2ccc(C)cc2)c2ccc(C)cc2C(O)(c2ccc(C)cc2)c2ccc(C)cc2)cc1.Cc1ccc(C2(c3ccc(C)cc3)c3cccc4c3N3c5c2cc(C)cc5C(c2ccc(C)cc2)(c2ccc(C)cc2)c2cc(C)cc(c23)C4(c2ccc(C)cc2)c2ccc(C)cc2)cc1. The van der Waals surface area contributed by atoms with Crippen molar-refractivity contribution in [2.75, 3.05) is 9.80 Å². The van der Waals surface area contributed by atoms with Crippen molar-refractivity contribution in [3.8, 4) is 0 Å². The van der Waals surface area contributed by atoms with Crippen LogP contribution in [0.2, 0.25) is 0 Å². The predicted molar refractivity (Wildman–Crippen MR) is 559 cm³/mol. The first-order chi connectivity index (χ1) is 65.1. The van der Waals surface area contributed by atoms with Gasteiger partial charge in [-0.25, -0.2) is 0 Å². The highest BCUT2D eigenvalue weighted by Crippen LogP contribution is 2.72. The summed E-state index contributed by atoms with van der Waals surface area (Å²) in [6.45, 7) is 34.3. The van der Waals surface area contributed by atoms with Crippen LogP contribution in [0.4, 0.5) is 34.1 Å². The molecule has 5 nitrogen and oxygen atoms in total. The van der Waals surface area contributed by atoms with Gasteiger partial charge in [-0.15, -0.1) is 0 Å². The summed E-state index contributed by atoms with van der Waals surface area (Å²) in [5.41, 5.74) is 38.6. The van der Waals surface area contributed by atoms with E-state index in [2.05, 4.69) is 345 Å².